The fraction of sp³-hybridized carbons (Fsp3) is 0.444. The highest BCUT2D eigenvalue weighted by molar-refractivity contribution is 5.43. The normalized spacial score (nSPS) is 10.5. The Hall–Kier alpha value is -2.10. The van der Waals surface area contributed by atoms with E-state index in [-0.39, 0.29) is 0 Å². The van der Waals surface area contributed by atoms with Gasteiger partial charge in [-0.15, -0.1) is 0 Å². The van der Waals surface area contributed by atoms with Crippen molar-refractivity contribution in [1.29, 1.82) is 0 Å². The molecule has 4 nitrogen and oxygen atoms in total. The molecule has 2 rings (SSSR count). The summed E-state index contributed by atoms with van der Waals surface area (Å²) in [6, 6.07) is 12.4. The lowest BCUT2D eigenvalue weighted by Crippen LogP contribution is -2.26. The number of hydrogen-bond donors (Lipinski definition) is 0. The summed E-state index contributed by atoms with van der Waals surface area (Å²) in [5, 5.41) is 0. The second kappa shape index (κ2) is 8.37. The monoisotopic (exact) mass is 298 g/mol. The first kappa shape index (κ1) is 16.3. The van der Waals surface area contributed by atoms with Gasteiger partial charge in [-0.05, 0) is 25.0 Å². The van der Waals surface area contributed by atoms with Crippen molar-refractivity contribution in [3.05, 3.63) is 48.2 Å². The SMILES string of the molecule is CCCCN(C)c1ccnc(N(CC)Cc2ccccc2)n1. The molecule has 0 unspecified atom stereocenters. The molecular formula is C18H26N4. The molecule has 0 aliphatic carbocycles. The Morgan fingerprint density at radius 2 is 1.82 bits per heavy atom. The summed E-state index contributed by atoms with van der Waals surface area (Å²) < 4.78 is 0. The average Bonchev–Trinajstić information content (AvgIpc) is 2.58. The number of aromatic nitrogens is 2. The molecule has 0 fully saturated rings. The van der Waals surface area contributed by atoms with Gasteiger partial charge in [0.2, 0.25) is 5.95 Å². The maximum Gasteiger partial charge on any atom is 0.227 e. The molecule has 0 aliphatic heterocycles. The summed E-state index contributed by atoms with van der Waals surface area (Å²) in [7, 11) is 2.09. The number of anilines is 2. The van der Waals surface area contributed by atoms with Gasteiger partial charge in [0.25, 0.3) is 0 Å². The first-order valence-corrected chi connectivity index (χ1v) is 8.07. The lowest BCUT2D eigenvalue weighted by Gasteiger charge is -2.23. The zero-order valence-electron chi connectivity index (χ0n) is 13.9. The largest absolute Gasteiger partial charge is 0.360 e. The van der Waals surface area contributed by atoms with Crippen LogP contribution in [0.5, 0.6) is 0 Å². The molecule has 0 spiro atoms. The number of nitrogens with zero attached hydrogens (tertiary/aromatic N) is 4. The van der Waals surface area contributed by atoms with Crippen molar-refractivity contribution in [3.8, 4) is 0 Å². The minimum atomic E-state index is 0.798. The standard InChI is InChI=1S/C18H26N4/c1-4-6-14-21(3)17-12-13-19-18(20-17)22(5-2)15-16-10-8-7-9-11-16/h7-13H,4-6,14-15H2,1-3H3. The van der Waals surface area contributed by atoms with Gasteiger partial charge in [0, 0.05) is 32.9 Å². The third kappa shape index (κ3) is 4.45. The van der Waals surface area contributed by atoms with Crippen molar-refractivity contribution < 1.29 is 0 Å². The van der Waals surface area contributed by atoms with Crippen molar-refractivity contribution >= 4 is 11.8 Å². The molecule has 1 aromatic carbocycles. The van der Waals surface area contributed by atoms with Crippen molar-refractivity contribution in [2.24, 2.45) is 0 Å². The molecule has 0 radical (unpaired) electrons. The van der Waals surface area contributed by atoms with Gasteiger partial charge in [-0.3, -0.25) is 0 Å². The van der Waals surface area contributed by atoms with E-state index in [2.05, 4.69) is 59.9 Å². The molecule has 22 heavy (non-hydrogen) atoms. The number of unbranched alkanes of at least 4 members (excludes halogenated alkanes) is 1. The van der Waals surface area contributed by atoms with Gasteiger partial charge in [-0.1, -0.05) is 43.7 Å². The molecule has 0 saturated heterocycles. The highest BCUT2D eigenvalue weighted by Crippen LogP contribution is 2.16. The summed E-state index contributed by atoms with van der Waals surface area (Å²) in [6.07, 6.45) is 4.22. The maximum absolute atomic E-state index is 4.73. The predicted molar refractivity (Wildman–Crippen MR) is 93.4 cm³/mol. The van der Waals surface area contributed by atoms with Crippen LogP contribution in [0.2, 0.25) is 0 Å². The highest BCUT2D eigenvalue weighted by Gasteiger charge is 2.10. The Morgan fingerprint density at radius 1 is 1.05 bits per heavy atom. The minimum Gasteiger partial charge on any atom is -0.360 e. The topological polar surface area (TPSA) is 32.3 Å². The smallest absolute Gasteiger partial charge is 0.227 e. The van der Waals surface area contributed by atoms with Gasteiger partial charge in [0.15, 0.2) is 0 Å². The molecule has 118 valence electrons. The Labute approximate surface area is 133 Å². The molecule has 4 heteroatoms. The molecule has 0 atom stereocenters. The Balaban J connectivity index is 2.12. The highest BCUT2D eigenvalue weighted by atomic mass is 15.3. The van der Waals surface area contributed by atoms with E-state index in [0.29, 0.717) is 0 Å². The van der Waals surface area contributed by atoms with E-state index < -0.39 is 0 Å². The van der Waals surface area contributed by atoms with Crippen molar-refractivity contribution in [2.75, 3.05) is 29.9 Å². The van der Waals surface area contributed by atoms with Crippen LogP contribution in [-0.4, -0.2) is 30.1 Å². The molecule has 1 aromatic heterocycles. The third-order valence-electron chi connectivity index (χ3n) is 3.75. The van der Waals surface area contributed by atoms with E-state index >= 15 is 0 Å². The lowest BCUT2D eigenvalue weighted by atomic mass is 10.2. The zero-order valence-corrected chi connectivity index (χ0v) is 13.9. The molecule has 1 heterocycles. The van der Waals surface area contributed by atoms with Gasteiger partial charge in [0.1, 0.15) is 5.82 Å². The van der Waals surface area contributed by atoms with Crippen LogP contribution in [-0.2, 0) is 6.54 Å². The zero-order chi connectivity index (χ0) is 15.8. The van der Waals surface area contributed by atoms with Crippen LogP contribution in [0.1, 0.15) is 32.3 Å². The molecule has 0 N–H and O–H groups in total. The first-order chi connectivity index (χ1) is 10.7. The van der Waals surface area contributed by atoms with Crippen LogP contribution in [0.15, 0.2) is 42.6 Å². The first-order valence-electron chi connectivity index (χ1n) is 8.07. The molecule has 0 aliphatic rings. The van der Waals surface area contributed by atoms with E-state index in [1.165, 1.54) is 18.4 Å². The minimum absolute atomic E-state index is 0.798. The van der Waals surface area contributed by atoms with Gasteiger partial charge < -0.3 is 9.80 Å². The van der Waals surface area contributed by atoms with Gasteiger partial charge >= 0.3 is 0 Å². The van der Waals surface area contributed by atoms with E-state index in [4.69, 9.17) is 4.98 Å². The van der Waals surface area contributed by atoms with E-state index in [9.17, 15) is 0 Å². The van der Waals surface area contributed by atoms with Crippen LogP contribution in [0.3, 0.4) is 0 Å². The summed E-state index contributed by atoms with van der Waals surface area (Å²) in [4.78, 5) is 13.6. The lowest BCUT2D eigenvalue weighted by molar-refractivity contribution is 0.749. The van der Waals surface area contributed by atoms with Crippen molar-refractivity contribution in [3.63, 3.8) is 0 Å². The summed E-state index contributed by atoms with van der Waals surface area (Å²) >= 11 is 0. The molecule has 0 saturated carbocycles. The van der Waals surface area contributed by atoms with Gasteiger partial charge in [-0.25, -0.2) is 4.98 Å². The third-order valence-corrected chi connectivity index (χ3v) is 3.75. The van der Waals surface area contributed by atoms with Crippen LogP contribution in [0, 0.1) is 0 Å². The predicted octanol–water partition coefficient (Wildman–Crippen LogP) is 3.74. The fourth-order valence-electron chi connectivity index (χ4n) is 2.34. The average molecular weight is 298 g/mol. The van der Waals surface area contributed by atoms with Crippen molar-refractivity contribution in [2.45, 2.75) is 33.2 Å². The van der Waals surface area contributed by atoms with E-state index in [0.717, 1.165) is 31.4 Å². The molecule has 0 bridgehead atoms. The summed E-state index contributed by atoms with van der Waals surface area (Å²) in [5.74, 6) is 1.79. The molecule has 2 aromatic rings. The molecule has 0 amide bonds. The molecular weight excluding hydrogens is 272 g/mol. The quantitative estimate of drug-likeness (QED) is 0.743. The van der Waals surface area contributed by atoms with Gasteiger partial charge in [0.05, 0.1) is 0 Å². The van der Waals surface area contributed by atoms with Crippen LogP contribution >= 0.6 is 0 Å². The van der Waals surface area contributed by atoms with E-state index in [1.807, 2.05) is 18.3 Å². The summed E-state index contributed by atoms with van der Waals surface area (Å²) in [6.45, 7) is 7.09. The number of rotatable bonds is 8. The number of hydrogen-bond acceptors (Lipinski definition) is 4. The Morgan fingerprint density at radius 3 is 2.50 bits per heavy atom. The van der Waals surface area contributed by atoms with Crippen LogP contribution < -0.4 is 9.80 Å². The van der Waals surface area contributed by atoms with Crippen LogP contribution in [0.4, 0.5) is 11.8 Å². The second-order valence-corrected chi connectivity index (χ2v) is 5.49. The Kier molecular flexibility index (Phi) is 6.19. The maximum atomic E-state index is 4.73. The van der Waals surface area contributed by atoms with Crippen molar-refractivity contribution in [1.82, 2.24) is 9.97 Å². The Bertz CT molecular complexity index is 556. The summed E-state index contributed by atoms with van der Waals surface area (Å²) in [5.41, 5.74) is 1.28. The van der Waals surface area contributed by atoms with Gasteiger partial charge in [-0.2, -0.15) is 4.98 Å². The fourth-order valence-corrected chi connectivity index (χ4v) is 2.34. The number of benzene rings is 1. The van der Waals surface area contributed by atoms with E-state index in [1.54, 1.807) is 0 Å². The second-order valence-electron chi connectivity index (χ2n) is 5.49. The van der Waals surface area contributed by atoms with Crippen LogP contribution in [0.25, 0.3) is 0 Å².